The highest BCUT2D eigenvalue weighted by atomic mass is 16.7. The number of unbranched alkanes of at least 4 members (excludes halogenated alkanes) is 50. The van der Waals surface area contributed by atoms with Gasteiger partial charge in [0, 0.05) is 25.7 Å². The van der Waals surface area contributed by atoms with Crippen LogP contribution in [-0.2, 0) is 52.5 Å². The highest BCUT2D eigenvalue weighted by molar-refractivity contribution is 5.95. The maximum absolute atomic E-state index is 14.1. The predicted molar refractivity (Wildman–Crippen MR) is 352 cm³/mol. The molecule has 0 aromatic carbocycles. The Labute approximate surface area is 527 Å². The molecule has 2 atom stereocenters. The number of esters is 5. The minimum atomic E-state index is -2.49. The number of rotatable bonds is 66. The number of cyclic esters (lactones) is 1. The first kappa shape index (κ1) is 80.6. The van der Waals surface area contributed by atoms with Crippen LogP contribution in [0.5, 0.6) is 0 Å². The van der Waals surface area contributed by atoms with E-state index in [0.717, 1.165) is 103 Å². The van der Waals surface area contributed by atoms with Crippen LogP contribution < -0.4 is 0 Å². The van der Waals surface area contributed by atoms with Gasteiger partial charge in [-0.15, -0.1) is 0 Å². The van der Waals surface area contributed by atoms with E-state index in [2.05, 4.69) is 27.7 Å². The third-order valence-electron chi connectivity index (χ3n) is 17.5. The molecule has 0 saturated heterocycles. The molecular formula is C74H134O12. The second-order valence-electron chi connectivity index (χ2n) is 25.8. The SMILES string of the molecule is CCCCCCCCCCCCCCCCCC(=O)O[C@@H](COC(=O)CCCCCCCCCCCCCCC)[C@@]1(CC(=O)O)OC(=O)C(OC(=O)CCCCCCCCCCCCCCC)=C1OC(=O)CCCCCCCCCCCCCCC. The van der Waals surface area contributed by atoms with Gasteiger partial charge >= 0.3 is 35.8 Å². The Morgan fingerprint density at radius 1 is 0.349 bits per heavy atom. The molecule has 0 bridgehead atoms. The lowest BCUT2D eigenvalue weighted by Crippen LogP contribution is -2.52. The highest BCUT2D eigenvalue weighted by Crippen LogP contribution is 2.42. The monoisotopic (exact) mass is 1210 g/mol. The number of carbonyl (C=O) groups is 6. The first-order valence-electron chi connectivity index (χ1n) is 37.0. The van der Waals surface area contributed by atoms with Gasteiger partial charge in [-0.05, 0) is 25.7 Å². The predicted octanol–water partition coefficient (Wildman–Crippen LogP) is 22.2. The van der Waals surface area contributed by atoms with Crippen LogP contribution in [-0.4, -0.2) is 59.2 Å². The van der Waals surface area contributed by atoms with Crippen molar-refractivity contribution in [3.8, 4) is 0 Å². The minimum absolute atomic E-state index is 0.0163. The van der Waals surface area contributed by atoms with Crippen LogP contribution in [0, 0.1) is 0 Å². The van der Waals surface area contributed by atoms with Gasteiger partial charge in [-0.25, -0.2) is 4.79 Å². The van der Waals surface area contributed by atoms with Gasteiger partial charge in [0.25, 0.3) is 5.76 Å². The second kappa shape index (κ2) is 59.2. The van der Waals surface area contributed by atoms with E-state index in [1.54, 1.807) is 0 Å². The Bertz CT molecular complexity index is 1690. The number of hydrogen-bond acceptors (Lipinski definition) is 11. The maximum Gasteiger partial charge on any atom is 0.379 e. The van der Waals surface area contributed by atoms with E-state index in [-0.39, 0.29) is 25.7 Å². The molecule has 1 N–H and O–H groups in total. The summed E-state index contributed by atoms with van der Waals surface area (Å²) in [5.74, 6) is -6.90. The summed E-state index contributed by atoms with van der Waals surface area (Å²) in [4.78, 5) is 81.9. The molecule has 0 amide bonds. The van der Waals surface area contributed by atoms with Crippen molar-refractivity contribution in [1.82, 2.24) is 0 Å². The van der Waals surface area contributed by atoms with E-state index in [9.17, 15) is 33.9 Å². The van der Waals surface area contributed by atoms with Crippen molar-refractivity contribution >= 4 is 35.8 Å². The summed E-state index contributed by atoms with van der Waals surface area (Å²) >= 11 is 0. The zero-order chi connectivity index (χ0) is 62.7. The average Bonchev–Trinajstić information content (AvgIpc) is 2.53. The Balaban J connectivity index is 3.20. The van der Waals surface area contributed by atoms with Gasteiger partial charge in [-0.3, -0.25) is 24.0 Å². The second-order valence-corrected chi connectivity index (χ2v) is 25.8. The highest BCUT2D eigenvalue weighted by Gasteiger charge is 2.60. The standard InChI is InChI=1S/C74H134O12/c1-5-9-13-17-21-25-29-33-34-38-42-44-48-52-56-60-68(78)83-65(64-82-67(77)59-55-51-47-43-39-35-30-26-22-18-14-10-6-2)74(63-66(75)76)72(85-70(80)62-58-54-50-46-41-37-32-28-24-20-16-12-8-4)71(73(81)86-74)84-69(79)61-57-53-49-45-40-36-31-27-23-19-15-11-7-3/h65H,5-64H2,1-4H3,(H,75,76)/t65-,74+/m0/s1. The Morgan fingerprint density at radius 3 is 0.872 bits per heavy atom. The smallest absolute Gasteiger partial charge is 0.379 e. The lowest BCUT2D eigenvalue weighted by molar-refractivity contribution is -0.192. The number of aliphatic carboxylic acids is 1. The third-order valence-corrected chi connectivity index (χ3v) is 17.5. The molecule has 502 valence electrons. The fourth-order valence-electron chi connectivity index (χ4n) is 12.0. The average molecular weight is 1220 g/mol. The van der Waals surface area contributed by atoms with Crippen LogP contribution in [0.4, 0.5) is 0 Å². The molecule has 12 heteroatoms. The van der Waals surface area contributed by atoms with Gasteiger partial charge in [-0.1, -0.05) is 349 Å². The molecule has 0 aromatic rings. The molecule has 86 heavy (non-hydrogen) atoms. The van der Waals surface area contributed by atoms with Crippen molar-refractivity contribution in [2.45, 2.75) is 418 Å². The largest absolute Gasteiger partial charge is 0.481 e. The summed E-state index contributed by atoms with van der Waals surface area (Å²) in [6.07, 6.45) is 58.6. The van der Waals surface area contributed by atoms with Crippen LogP contribution in [0.3, 0.4) is 0 Å². The first-order valence-corrected chi connectivity index (χ1v) is 37.0. The molecule has 0 unspecified atom stereocenters. The van der Waals surface area contributed by atoms with E-state index < -0.39 is 72.1 Å². The minimum Gasteiger partial charge on any atom is -0.481 e. The molecule has 1 rings (SSSR count). The van der Waals surface area contributed by atoms with Gasteiger partial charge in [-0.2, -0.15) is 0 Å². The zero-order valence-corrected chi connectivity index (χ0v) is 56.4. The summed E-state index contributed by atoms with van der Waals surface area (Å²) in [6.45, 7) is 8.28. The molecule has 0 saturated carbocycles. The number of ether oxygens (including phenoxy) is 5. The van der Waals surface area contributed by atoms with Crippen molar-refractivity contribution in [2.75, 3.05) is 6.61 Å². The number of hydrogen-bond donors (Lipinski definition) is 1. The Morgan fingerprint density at radius 2 is 0.593 bits per heavy atom. The quantitative estimate of drug-likeness (QED) is 0.0348. The molecule has 1 aliphatic heterocycles. The van der Waals surface area contributed by atoms with Crippen molar-refractivity contribution < 1.29 is 57.6 Å². The topological polar surface area (TPSA) is 169 Å². The lowest BCUT2D eigenvalue weighted by Gasteiger charge is -2.34. The van der Waals surface area contributed by atoms with Crippen LogP contribution in [0.25, 0.3) is 0 Å². The van der Waals surface area contributed by atoms with Gasteiger partial charge in [0.05, 0.1) is 6.42 Å². The summed E-state index contributed by atoms with van der Waals surface area (Å²) in [6, 6.07) is 0. The van der Waals surface area contributed by atoms with Crippen molar-refractivity contribution in [3.63, 3.8) is 0 Å². The lowest BCUT2D eigenvalue weighted by atomic mass is 9.90. The summed E-state index contributed by atoms with van der Waals surface area (Å²) < 4.78 is 29.5. The number of carbonyl (C=O) groups excluding carboxylic acids is 5. The first-order chi connectivity index (χ1) is 42.0. The summed E-state index contributed by atoms with van der Waals surface area (Å²) in [7, 11) is 0. The number of carboxylic acid groups (broad SMARTS) is 1. The molecular weight excluding hydrogens is 1080 g/mol. The molecule has 0 aromatic heterocycles. The molecule has 0 radical (unpaired) electrons. The van der Waals surface area contributed by atoms with Gasteiger partial charge in [0.15, 0.2) is 6.10 Å². The van der Waals surface area contributed by atoms with Crippen LogP contribution in [0.15, 0.2) is 11.5 Å². The molecule has 0 fully saturated rings. The molecule has 1 aliphatic rings. The van der Waals surface area contributed by atoms with E-state index in [1.165, 1.54) is 218 Å². The van der Waals surface area contributed by atoms with Crippen molar-refractivity contribution in [3.05, 3.63) is 11.5 Å². The van der Waals surface area contributed by atoms with Gasteiger partial charge in [0.2, 0.25) is 11.4 Å². The molecule has 1 heterocycles. The van der Waals surface area contributed by atoms with E-state index in [4.69, 9.17) is 23.7 Å². The summed E-state index contributed by atoms with van der Waals surface area (Å²) in [5.41, 5.74) is -2.49. The summed E-state index contributed by atoms with van der Waals surface area (Å²) in [5, 5.41) is 10.6. The Kier molecular flexibility index (Phi) is 55.5. The van der Waals surface area contributed by atoms with E-state index in [1.807, 2.05) is 0 Å². The van der Waals surface area contributed by atoms with Gasteiger partial charge in [0.1, 0.15) is 6.61 Å². The molecule has 0 aliphatic carbocycles. The normalized spacial score (nSPS) is 14.4. The third kappa shape index (κ3) is 45.8. The van der Waals surface area contributed by atoms with Crippen molar-refractivity contribution in [1.29, 1.82) is 0 Å². The van der Waals surface area contributed by atoms with Gasteiger partial charge < -0.3 is 28.8 Å². The molecule has 0 spiro atoms. The fourth-order valence-corrected chi connectivity index (χ4v) is 12.0. The maximum atomic E-state index is 14.1. The van der Waals surface area contributed by atoms with E-state index >= 15 is 0 Å². The Hall–Kier alpha value is -3.44. The fraction of sp³-hybridized carbons (Fsp3) is 0.892. The van der Waals surface area contributed by atoms with E-state index in [0.29, 0.717) is 25.7 Å². The van der Waals surface area contributed by atoms with Crippen molar-refractivity contribution in [2.24, 2.45) is 0 Å². The van der Waals surface area contributed by atoms with Crippen LogP contribution in [0.1, 0.15) is 407 Å². The van der Waals surface area contributed by atoms with Crippen LogP contribution >= 0.6 is 0 Å². The number of carboxylic acids is 1. The zero-order valence-electron chi connectivity index (χ0n) is 56.4. The van der Waals surface area contributed by atoms with Crippen LogP contribution in [0.2, 0.25) is 0 Å². The molecule has 12 nitrogen and oxygen atoms in total.